The molecule has 2 fully saturated rings. The molecule has 182 valence electrons. The average molecular weight is 484 g/mol. The van der Waals surface area contributed by atoms with Crippen LogP contribution in [0.25, 0.3) is 20.3 Å². The molecular formula is C26H34FN5OS. The minimum atomic E-state index is -0.243. The molecule has 0 radical (unpaired) electrons. The van der Waals surface area contributed by atoms with Crippen molar-refractivity contribution in [3.05, 3.63) is 30.3 Å². The van der Waals surface area contributed by atoms with Crippen molar-refractivity contribution in [1.82, 2.24) is 20.2 Å². The van der Waals surface area contributed by atoms with Gasteiger partial charge in [-0.25, -0.2) is 14.4 Å². The van der Waals surface area contributed by atoms with Crippen molar-refractivity contribution in [1.29, 1.82) is 0 Å². The number of hydrogen-bond acceptors (Lipinski definition) is 6. The Labute approximate surface area is 204 Å². The summed E-state index contributed by atoms with van der Waals surface area (Å²) in [6, 6.07) is 6.44. The smallest absolute Gasteiger partial charge is 0.223 e. The Bertz CT molecular complexity index is 1150. The van der Waals surface area contributed by atoms with Gasteiger partial charge in [-0.2, -0.15) is 0 Å². The highest BCUT2D eigenvalue weighted by Gasteiger charge is 2.28. The highest BCUT2D eigenvalue weighted by Crippen LogP contribution is 2.39. The second-order valence-electron chi connectivity index (χ2n) is 9.86. The molecule has 5 rings (SSSR count). The van der Waals surface area contributed by atoms with Crippen molar-refractivity contribution in [3.63, 3.8) is 0 Å². The third-order valence-electron chi connectivity index (χ3n) is 7.64. The molecule has 0 bridgehead atoms. The van der Waals surface area contributed by atoms with E-state index in [-0.39, 0.29) is 17.6 Å². The molecule has 2 saturated heterocycles. The van der Waals surface area contributed by atoms with E-state index in [0.29, 0.717) is 23.0 Å². The third-order valence-corrected chi connectivity index (χ3v) is 8.78. The van der Waals surface area contributed by atoms with Gasteiger partial charge in [0.2, 0.25) is 5.91 Å². The first-order chi connectivity index (χ1) is 16.5. The Kier molecular flexibility index (Phi) is 6.97. The molecular weight excluding hydrogens is 449 g/mol. The highest BCUT2D eigenvalue weighted by atomic mass is 32.1. The second kappa shape index (κ2) is 10.1. The largest absolute Gasteiger partial charge is 0.356 e. The molecule has 1 N–H and O–H groups in total. The molecule has 0 aliphatic carbocycles. The van der Waals surface area contributed by atoms with Crippen molar-refractivity contribution in [2.24, 2.45) is 5.92 Å². The predicted octanol–water partition coefficient (Wildman–Crippen LogP) is 4.97. The molecule has 1 amide bonds. The fourth-order valence-electron chi connectivity index (χ4n) is 5.68. The maximum atomic E-state index is 14.4. The third kappa shape index (κ3) is 4.62. The lowest BCUT2D eigenvalue weighted by Gasteiger charge is -2.39. The first-order valence-corrected chi connectivity index (χ1v) is 13.4. The van der Waals surface area contributed by atoms with E-state index >= 15 is 0 Å². The highest BCUT2D eigenvalue weighted by molar-refractivity contribution is 7.26. The first kappa shape index (κ1) is 23.4. The molecule has 0 spiro atoms. The van der Waals surface area contributed by atoms with Gasteiger partial charge in [0.1, 0.15) is 18.0 Å². The van der Waals surface area contributed by atoms with E-state index in [2.05, 4.69) is 38.9 Å². The van der Waals surface area contributed by atoms with Gasteiger partial charge in [0.05, 0.1) is 15.6 Å². The number of nitrogens with one attached hydrogen (secondary N) is 1. The van der Waals surface area contributed by atoms with E-state index in [9.17, 15) is 9.18 Å². The van der Waals surface area contributed by atoms with Gasteiger partial charge in [0, 0.05) is 48.9 Å². The van der Waals surface area contributed by atoms with Gasteiger partial charge in [0.25, 0.3) is 0 Å². The van der Waals surface area contributed by atoms with Crippen LogP contribution in [0.5, 0.6) is 0 Å². The minimum absolute atomic E-state index is 0.0428. The Hall–Kier alpha value is -2.32. The number of amides is 1. The van der Waals surface area contributed by atoms with Crippen LogP contribution in [0.1, 0.15) is 52.4 Å². The molecule has 3 aromatic rings. The molecule has 0 unspecified atom stereocenters. The number of carbonyl (C=O) groups is 1. The average Bonchev–Trinajstić information content (AvgIpc) is 3.23. The van der Waals surface area contributed by atoms with Crippen molar-refractivity contribution in [2.45, 2.75) is 64.5 Å². The Morgan fingerprint density at radius 3 is 2.68 bits per heavy atom. The van der Waals surface area contributed by atoms with Gasteiger partial charge in [-0.1, -0.05) is 12.5 Å². The van der Waals surface area contributed by atoms with E-state index < -0.39 is 0 Å². The SMILES string of the molecule is C[C@@H]1CCC[C@@H](C)N1CCCNC(=O)C1CCN(c2ncnc3c2sc2cccc(F)c23)CC1. The molecule has 2 aromatic heterocycles. The normalized spacial score (nSPS) is 22.5. The molecule has 8 heteroatoms. The van der Waals surface area contributed by atoms with Crippen molar-refractivity contribution < 1.29 is 9.18 Å². The maximum Gasteiger partial charge on any atom is 0.223 e. The van der Waals surface area contributed by atoms with E-state index in [1.54, 1.807) is 6.07 Å². The number of benzene rings is 1. The van der Waals surface area contributed by atoms with E-state index in [4.69, 9.17) is 0 Å². The van der Waals surface area contributed by atoms with E-state index in [1.165, 1.54) is 43.0 Å². The number of halogens is 1. The molecule has 6 nitrogen and oxygen atoms in total. The lowest BCUT2D eigenvalue weighted by Crippen LogP contribution is -2.45. The maximum absolute atomic E-state index is 14.4. The van der Waals surface area contributed by atoms with Gasteiger partial charge >= 0.3 is 0 Å². The quantitative estimate of drug-likeness (QED) is 0.502. The summed E-state index contributed by atoms with van der Waals surface area (Å²) < 4.78 is 16.2. The van der Waals surface area contributed by atoms with Crippen LogP contribution in [0.15, 0.2) is 24.5 Å². The molecule has 4 heterocycles. The summed E-state index contributed by atoms with van der Waals surface area (Å²) in [5.74, 6) is 0.833. The molecule has 34 heavy (non-hydrogen) atoms. The molecule has 2 atom stereocenters. The fraction of sp³-hybridized carbons (Fsp3) is 0.577. The predicted molar refractivity (Wildman–Crippen MR) is 137 cm³/mol. The van der Waals surface area contributed by atoms with Crippen molar-refractivity contribution in [2.75, 3.05) is 31.1 Å². The van der Waals surface area contributed by atoms with Crippen LogP contribution < -0.4 is 10.2 Å². The van der Waals surface area contributed by atoms with Gasteiger partial charge in [-0.15, -0.1) is 11.3 Å². The minimum Gasteiger partial charge on any atom is -0.356 e. The second-order valence-corrected chi connectivity index (χ2v) is 10.9. The molecule has 1 aromatic carbocycles. The number of carbonyl (C=O) groups excluding carboxylic acids is 1. The summed E-state index contributed by atoms with van der Waals surface area (Å²) >= 11 is 1.54. The monoisotopic (exact) mass is 483 g/mol. The number of anilines is 1. The molecule has 2 aliphatic heterocycles. The van der Waals surface area contributed by atoms with Gasteiger partial charge in [0.15, 0.2) is 0 Å². The number of rotatable bonds is 6. The summed E-state index contributed by atoms with van der Waals surface area (Å²) in [6.45, 7) is 7.98. The van der Waals surface area contributed by atoms with Crippen LogP contribution in [0, 0.1) is 11.7 Å². The van der Waals surface area contributed by atoms with Crippen LogP contribution in [0.4, 0.5) is 10.2 Å². The molecule has 0 saturated carbocycles. The standard InChI is InChI=1S/C26H34FN5OS/c1-17-6-3-7-18(2)32(17)13-5-12-28-26(33)19-10-14-31(15-11-19)25-24-23(29-16-30-25)22-20(27)8-4-9-21(22)34-24/h4,8-9,16-19H,3,5-7,10-15H2,1-2H3,(H,28,33)/t17-,18-/m1/s1. The fourth-order valence-corrected chi connectivity index (χ4v) is 6.86. The van der Waals surface area contributed by atoms with Crippen LogP contribution in [0.2, 0.25) is 0 Å². The Morgan fingerprint density at radius 1 is 1.15 bits per heavy atom. The van der Waals surface area contributed by atoms with Crippen molar-refractivity contribution >= 4 is 43.4 Å². The Morgan fingerprint density at radius 2 is 1.91 bits per heavy atom. The van der Waals surface area contributed by atoms with E-state index in [0.717, 1.165) is 60.7 Å². The zero-order valence-electron chi connectivity index (χ0n) is 20.1. The van der Waals surface area contributed by atoms with Crippen LogP contribution in [0.3, 0.4) is 0 Å². The van der Waals surface area contributed by atoms with Crippen LogP contribution >= 0.6 is 11.3 Å². The van der Waals surface area contributed by atoms with Gasteiger partial charge in [-0.3, -0.25) is 9.69 Å². The lowest BCUT2D eigenvalue weighted by atomic mass is 9.95. The Balaban J connectivity index is 1.15. The number of likely N-dealkylation sites (tertiary alicyclic amines) is 1. The molecule has 2 aliphatic rings. The number of hydrogen-bond donors (Lipinski definition) is 1. The summed E-state index contributed by atoms with van der Waals surface area (Å²) in [5, 5.41) is 3.76. The van der Waals surface area contributed by atoms with E-state index in [1.807, 2.05) is 6.07 Å². The van der Waals surface area contributed by atoms with Gasteiger partial charge < -0.3 is 10.2 Å². The summed E-state index contributed by atoms with van der Waals surface area (Å²) in [6.07, 6.45) is 8.02. The summed E-state index contributed by atoms with van der Waals surface area (Å²) in [4.78, 5) is 26.5. The van der Waals surface area contributed by atoms with Crippen LogP contribution in [-0.2, 0) is 4.79 Å². The van der Waals surface area contributed by atoms with Gasteiger partial charge in [-0.05, 0) is 58.1 Å². The number of nitrogens with zero attached hydrogens (tertiary/aromatic N) is 4. The summed E-state index contributed by atoms with van der Waals surface area (Å²) in [5.41, 5.74) is 0.681. The number of fused-ring (bicyclic) bond motifs is 3. The zero-order chi connectivity index (χ0) is 23.7. The topological polar surface area (TPSA) is 61.4 Å². The number of aromatic nitrogens is 2. The lowest BCUT2D eigenvalue weighted by molar-refractivity contribution is -0.125. The summed E-state index contributed by atoms with van der Waals surface area (Å²) in [7, 11) is 0. The number of thiophene rings is 1. The van der Waals surface area contributed by atoms with Crippen molar-refractivity contribution in [3.8, 4) is 0 Å². The first-order valence-electron chi connectivity index (χ1n) is 12.6. The number of piperidine rings is 2. The van der Waals surface area contributed by atoms with Crippen LogP contribution in [-0.4, -0.2) is 59.0 Å². The zero-order valence-corrected chi connectivity index (χ0v) is 20.9.